The second kappa shape index (κ2) is 6.21. The van der Waals surface area contributed by atoms with Gasteiger partial charge < -0.3 is 5.73 Å². The number of benzene rings is 2. The Kier molecular flexibility index (Phi) is 4.14. The van der Waals surface area contributed by atoms with Crippen molar-refractivity contribution in [2.24, 2.45) is 5.73 Å². The Labute approximate surface area is 121 Å². The fourth-order valence-electron chi connectivity index (χ4n) is 2.93. The normalized spacial score (nSPS) is 16.6. The first-order chi connectivity index (χ1) is 9.88. The van der Waals surface area contributed by atoms with E-state index in [9.17, 15) is 0 Å². The summed E-state index contributed by atoms with van der Waals surface area (Å²) in [5.74, 6) is 0. The van der Waals surface area contributed by atoms with E-state index in [1.165, 1.54) is 36.2 Å². The van der Waals surface area contributed by atoms with Crippen molar-refractivity contribution in [3.63, 3.8) is 0 Å². The highest BCUT2D eigenvalue weighted by molar-refractivity contribution is 5.35. The van der Waals surface area contributed by atoms with Gasteiger partial charge in [0.2, 0.25) is 0 Å². The van der Waals surface area contributed by atoms with Crippen LogP contribution in [0.4, 0.5) is 0 Å². The number of nitrogens with zero attached hydrogens (tertiary/aromatic N) is 1. The number of hydrogen-bond acceptors (Lipinski definition) is 2. The smallest absolute Gasteiger partial charge is 0.0601 e. The van der Waals surface area contributed by atoms with Crippen LogP contribution in [0.25, 0.3) is 0 Å². The first-order valence-electron chi connectivity index (χ1n) is 7.46. The predicted molar refractivity (Wildman–Crippen MR) is 83.7 cm³/mol. The van der Waals surface area contributed by atoms with Crippen LogP contribution < -0.4 is 5.73 Å². The highest BCUT2D eigenvalue weighted by atomic mass is 15.2. The summed E-state index contributed by atoms with van der Waals surface area (Å²) >= 11 is 0. The molecule has 104 valence electrons. The van der Waals surface area contributed by atoms with Gasteiger partial charge in [-0.15, -0.1) is 0 Å². The van der Waals surface area contributed by atoms with E-state index < -0.39 is 0 Å². The molecular formula is C18H22N2. The van der Waals surface area contributed by atoms with Crippen LogP contribution in [0, 0.1) is 0 Å². The summed E-state index contributed by atoms with van der Waals surface area (Å²) in [7, 11) is 0. The number of hydrogen-bond donors (Lipinski definition) is 1. The van der Waals surface area contributed by atoms with Gasteiger partial charge in [-0.3, -0.25) is 4.90 Å². The summed E-state index contributed by atoms with van der Waals surface area (Å²) in [5, 5.41) is 0. The maximum Gasteiger partial charge on any atom is 0.0601 e. The van der Waals surface area contributed by atoms with Crippen molar-refractivity contribution in [1.82, 2.24) is 4.90 Å². The van der Waals surface area contributed by atoms with Crippen molar-refractivity contribution in [3.05, 3.63) is 71.3 Å². The quantitative estimate of drug-likeness (QED) is 0.901. The van der Waals surface area contributed by atoms with E-state index in [2.05, 4.69) is 59.5 Å². The van der Waals surface area contributed by atoms with Crippen LogP contribution >= 0.6 is 0 Å². The monoisotopic (exact) mass is 266 g/mol. The van der Waals surface area contributed by atoms with Crippen molar-refractivity contribution in [1.29, 1.82) is 0 Å². The molecule has 2 nitrogen and oxygen atoms in total. The van der Waals surface area contributed by atoms with E-state index in [4.69, 9.17) is 5.73 Å². The molecule has 1 fully saturated rings. The third kappa shape index (κ3) is 2.77. The van der Waals surface area contributed by atoms with Crippen molar-refractivity contribution >= 4 is 0 Å². The lowest BCUT2D eigenvalue weighted by molar-refractivity contribution is 0.140. The molecule has 1 aliphatic rings. The first kappa shape index (κ1) is 13.3. The fourth-order valence-corrected chi connectivity index (χ4v) is 2.93. The molecule has 0 aromatic heterocycles. The molecule has 20 heavy (non-hydrogen) atoms. The Hall–Kier alpha value is -1.64. The molecule has 0 saturated carbocycles. The molecule has 2 heteroatoms. The molecule has 0 radical (unpaired) electrons. The van der Waals surface area contributed by atoms with Crippen molar-refractivity contribution in [2.75, 3.05) is 19.6 Å². The van der Waals surface area contributed by atoms with Crippen LogP contribution in [0.15, 0.2) is 54.6 Å². The summed E-state index contributed by atoms with van der Waals surface area (Å²) in [6.45, 7) is 3.10. The van der Waals surface area contributed by atoms with Gasteiger partial charge in [-0.25, -0.2) is 0 Å². The van der Waals surface area contributed by atoms with Gasteiger partial charge in [0.25, 0.3) is 0 Å². The Bertz CT molecular complexity index is 546. The highest BCUT2D eigenvalue weighted by Gasteiger charge is 2.26. The Morgan fingerprint density at radius 3 is 2.35 bits per heavy atom. The summed E-state index contributed by atoms with van der Waals surface area (Å²) in [6.07, 6.45) is 2.27. The van der Waals surface area contributed by atoms with Crippen molar-refractivity contribution in [3.8, 4) is 0 Å². The number of rotatable bonds is 5. The summed E-state index contributed by atoms with van der Waals surface area (Å²) in [4.78, 5) is 2.55. The lowest BCUT2D eigenvalue weighted by Gasteiger charge is -2.39. The van der Waals surface area contributed by atoms with E-state index in [-0.39, 0.29) is 0 Å². The predicted octanol–water partition coefficient (Wildman–Crippen LogP) is 2.98. The maximum absolute atomic E-state index is 5.68. The molecule has 3 rings (SSSR count). The van der Waals surface area contributed by atoms with Crippen LogP contribution in [-0.2, 0) is 6.42 Å². The van der Waals surface area contributed by atoms with Crippen LogP contribution in [-0.4, -0.2) is 24.5 Å². The zero-order chi connectivity index (χ0) is 13.8. The fraction of sp³-hybridized carbons (Fsp3) is 0.333. The standard InChI is InChI=1S/C18H22N2/c19-11-10-15-6-4-9-17(14-15)18(20-12-5-13-20)16-7-2-1-3-8-16/h1-4,6-9,14,18H,5,10-13,19H2. The second-order valence-corrected chi connectivity index (χ2v) is 5.49. The van der Waals surface area contributed by atoms with Crippen molar-refractivity contribution < 1.29 is 0 Å². The third-order valence-corrected chi connectivity index (χ3v) is 4.07. The first-order valence-corrected chi connectivity index (χ1v) is 7.46. The summed E-state index contributed by atoms with van der Waals surface area (Å²) in [6, 6.07) is 20.1. The van der Waals surface area contributed by atoms with Gasteiger partial charge in [-0.05, 0) is 36.1 Å². The van der Waals surface area contributed by atoms with E-state index in [1.54, 1.807) is 0 Å². The van der Waals surface area contributed by atoms with E-state index in [0.717, 1.165) is 6.42 Å². The zero-order valence-electron chi connectivity index (χ0n) is 11.8. The molecule has 0 aliphatic carbocycles. The molecule has 2 aromatic rings. The van der Waals surface area contributed by atoms with Gasteiger partial charge in [-0.2, -0.15) is 0 Å². The molecule has 0 amide bonds. The molecule has 0 spiro atoms. The Balaban J connectivity index is 1.95. The van der Waals surface area contributed by atoms with Crippen molar-refractivity contribution in [2.45, 2.75) is 18.9 Å². The number of likely N-dealkylation sites (tertiary alicyclic amines) is 1. The average Bonchev–Trinajstić information content (AvgIpc) is 2.44. The molecule has 1 aliphatic heterocycles. The molecule has 1 heterocycles. The largest absolute Gasteiger partial charge is 0.330 e. The molecule has 2 N–H and O–H groups in total. The van der Waals surface area contributed by atoms with Gasteiger partial charge in [0.15, 0.2) is 0 Å². The van der Waals surface area contributed by atoms with Gasteiger partial charge in [0.1, 0.15) is 0 Å². The SMILES string of the molecule is NCCc1cccc(C(c2ccccc2)N2CCC2)c1. The molecule has 1 atom stereocenters. The lowest BCUT2D eigenvalue weighted by atomic mass is 9.93. The second-order valence-electron chi connectivity index (χ2n) is 5.49. The maximum atomic E-state index is 5.68. The van der Waals surface area contributed by atoms with Crippen LogP contribution in [0.2, 0.25) is 0 Å². The van der Waals surface area contributed by atoms with Gasteiger partial charge in [0, 0.05) is 13.1 Å². The topological polar surface area (TPSA) is 29.3 Å². The molecule has 0 bridgehead atoms. The van der Waals surface area contributed by atoms with Gasteiger partial charge >= 0.3 is 0 Å². The van der Waals surface area contributed by atoms with E-state index >= 15 is 0 Å². The molecular weight excluding hydrogens is 244 g/mol. The van der Waals surface area contributed by atoms with Gasteiger partial charge in [-0.1, -0.05) is 54.6 Å². The Morgan fingerprint density at radius 2 is 1.70 bits per heavy atom. The highest BCUT2D eigenvalue weighted by Crippen LogP contribution is 2.32. The van der Waals surface area contributed by atoms with Gasteiger partial charge in [0.05, 0.1) is 6.04 Å². The average molecular weight is 266 g/mol. The minimum Gasteiger partial charge on any atom is -0.330 e. The van der Waals surface area contributed by atoms with E-state index in [1.807, 2.05) is 0 Å². The summed E-state index contributed by atoms with van der Waals surface area (Å²) < 4.78 is 0. The van der Waals surface area contributed by atoms with Crippen LogP contribution in [0.3, 0.4) is 0 Å². The van der Waals surface area contributed by atoms with E-state index in [0.29, 0.717) is 12.6 Å². The molecule has 2 aromatic carbocycles. The van der Waals surface area contributed by atoms with Crippen LogP contribution in [0.1, 0.15) is 29.2 Å². The molecule has 1 saturated heterocycles. The minimum absolute atomic E-state index is 0.391. The Morgan fingerprint density at radius 1 is 0.950 bits per heavy atom. The summed E-state index contributed by atoms with van der Waals surface area (Å²) in [5.41, 5.74) is 9.80. The molecule has 1 unspecified atom stereocenters. The zero-order valence-corrected chi connectivity index (χ0v) is 11.8. The van der Waals surface area contributed by atoms with Crippen LogP contribution in [0.5, 0.6) is 0 Å². The number of nitrogens with two attached hydrogens (primary N) is 1. The third-order valence-electron chi connectivity index (χ3n) is 4.07. The lowest BCUT2D eigenvalue weighted by Crippen LogP contribution is -2.40. The minimum atomic E-state index is 0.391.